The molecule has 3 heterocycles. The molecule has 490 valence electrons. The maximum absolute atomic E-state index is 13.0. The second-order valence-corrected chi connectivity index (χ2v) is 24.7. The summed E-state index contributed by atoms with van der Waals surface area (Å²) < 4.78 is 66.2. The molecule has 0 amide bonds. The molecule has 0 radical (unpaired) electrons. The Morgan fingerprint density at radius 1 is 0.415 bits per heavy atom. The minimum absolute atomic E-state index is 0.0649. The van der Waals surface area contributed by atoms with Crippen LogP contribution in [0, 0.1) is 59.8 Å². The molecule has 8 aromatic carbocycles. The van der Waals surface area contributed by atoms with E-state index in [1.165, 1.54) is 48.5 Å². The van der Waals surface area contributed by atoms with Crippen molar-refractivity contribution in [3.63, 3.8) is 0 Å². The summed E-state index contributed by atoms with van der Waals surface area (Å²) in [6.45, 7) is 0. The standard InChI is InChI=1S/4C17H13Cl2FO3.C2H2/c3*18-14-6-10(9-1-3-12(20)4-2-9)7-15(19)13(14)5-11-8-16(21)23-17(11)22;18-15-8-12(10-1-3-13(20)4-2-10)9-16(19)14(15)7-11(5-6-21)17(22)23;1-2/h3*1-4,6-7,11,16,21H,5,8H2;1-4,6,8-9,11H,5,7H2,(H,22,23);1-2H/t11-,16?;11-,16+;11-,16-;11-;/m1110./s1. The fourth-order valence-corrected chi connectivity index (χ4v) is 12.7. The van der Waals surface area contributed by atoms with E-state index in [9.17, 15) is 56.9 Å². The first-order valence-electron chi connectivity index (χ1n) is 28.3. The molecule has 3 aliphatic rings. The number of halogens is 12. The molecule has 3 fully saturated rings. The molecule has 24 heteroatoms. The molecule has 1 unspecified atom stereocenters. The number of esters is 3. The summed E-state index contributed by atoms with van der Waals surface area (Å²) >= 11 is 50.3. The number of carbonyl (C=O) groups is 5. The number of terminal acetylenes is 1. The van der Waals surface area contributed by atoms with Crippen molar-refractivity contribution in [2.75, 3.05) is 0 Å². The Hall–Kier alpha value is -7.21. The van der Waals surface area contributed by atoms with Gasteiger partial charge in [0.15, 0.2) is 0 Å². The number of hydrogen-bond acceptors (Lipinski definition) is 11. The number of aldehydes is 1. The number of cyclic esters (lactones) is 3. The average molecular weight is 1450 g/mol. The predicted molar refractivity (Wildman–Crippen MR) is 355 cm³/mol. The van der Waals surface area contributed by atoms with Gasteiger partial charge >= 0.3 is 23.9 Å². The molecule has 8 aromatic rings. The number of rotatable bonds is 15. The number of carbonyl (C=O) groups excluding carboxylic acids is 4. The zero-order valence-electron chi connectivity index (χ0n) is 48.9. The molecular weight excluding hydrogens is 1390 g/mol. The Morgan fingerprint density at radius 3 is 0.809 bits per heavy atom. The minimum Gasteiger partial charge on any atom is -0.481 e. The highest BCUT2D eigenvalue weighted by Crippen LogP contribution is 2.40. The molecule has 7 atom stereocenters. The second kappa shape index (κ2) is 34.5. The van der Waals surface area contributed by atoms with Gasteiger partial charge in [0.05, 0.1) is 23.7 Å². The Morgan fingerprint density at radius 2 is 0.628 bits per heavy atom. The van der Waals surface area contributed by atoms with Gasteiger partial charge in [-0.05, 0) is 190 Å². The molecule has 3 aliphatic heterocycles. The number of aliphatic hydroxyl groups excluding tert-OH is 3. The Labute approximate surface area is 577 Å². The van der Waals surface area contributed by atoms with Crippen LogP contribution in [0.1, 0.15) is 47.9 Å². The third-order valence-electron chi connectivity index (χ3n) is 15.0. The molecule has 0 saturated carbocycles. The third-order valence-corrected chi connectivity index (χ3v) is 17.7. The first kappa shape index (κ1) is 74.2. The molecule has 0 bridgehead atoms. The maximum Gasteiger partial charge on any atom is 0.311 e. The highest BCUT2D eigenvalue weighted by Gasteiger charge is 2.37. The van der Waals surface area contributed by atoms with Crippen molar-refractivity contribution >= 4 is 123 Å². The van der Waals surface area contributed by atoms with E-state index in [0.717, 1.165) is 38.9 Å². The van der Waals surface area contributed by atoms with Crippen molar-refractivity contribution in [3.8, 4) is 57.4 Å². The molecule has 12 nitrogen and oxygen atoms in total. The van der Waals surface area contributed by atoms with Crippen LogP contribution >= 0.6 is 92.8 Å². The van der Waals surface area contributed by atoms with Crippen LogP contribution in [0.5, 0.6) is 0 Å². The molecule has 0 aliphatic carbocycles. The van der Waals surface area contributed by atoms with Crippen LogP contribution in [0.4, 0.5) is 17.6 Å². The lowest BCUT2D eigenvalue weighted by molar-refractivity contribution is -0.156. The van der Waals surface area contributed by atoms with Gasteiger partial charge in [-0.1, -0.05) is 141 Å². The molecule has 4 N–H and O–H groups in total. The van der Waals surface area contributed by atoms with Crippen LogP contribution in [-0.4, -0.2) is 69.5 Å². The van der Waals surface area contributed by atoms with E-state index in [0.29, 0.717) is 93.5 Å². The lowest BCUT2D eigenvalue weighted by Crippen LogP contribution is -2.17. The summed E-state index contributed by atoms with van der Waals surface area (Å²) in [5.41, 5.74) is 8.48. The number of aliphatic carboxylic acids is 1. The summed E-state index contributed by atoms with van der Waals surface area (Å²) in [5, 5.41) is 40.4. The summed E-state index contributed by atoms with van der Waals surface area (Å²) in [7, 11) is 0. The summed E-state index contributed by atoms with van der Waals surface area (Å²) in [5.74, 6) is -5.99. The lowest BCUT2D eigenvalue weighted by Gasteiger charge is -2.14. The molecule has 0 spiro atoms. The first-order chi connectivity index (χ1) is 44.7. The molecule has 94 heavy (non-hydrogen) atoms. The van der Waals surface area contributed by atoms with Gasteiger partial charge in [0.1, 0.15) is 29.6 Å². The quantitative estimate of drug-likeness (QED) is 0.0250. The second-order valence-electron chi connectivity index (χ2n) is 21.4. The Balaban J connectivity index is 0.000000176. The fourth-order valence-electron chi connectivity index (χ4n) is 10.2. The number of carboxylic acid groups (broad SMARTS) is 1. The average Bonchev–Trinajstić information content (AvgIpc) is 1.08. The van der Waals surface area contributed by atoms with Crippen molar-refractivity contribution in [1.29, 1.82) is 0 Å². The molecule has 0 aromatic heterocycles. The van der Waals surface area contributed by atoms with Crippen LogP contribution in [-0.2, 0) is 63.9 Å². The van der Waals surface area contributed by atoms with Crippen molar-refractivity contribution < 1.29 is 76.2 Å². The number of ether oxygens (including phenoxy) is 3. The van der Waals surface area contributed by atoms with Crippen LogP contribution in [0.2, 0.25) is 40.2 Å². The van der Waals surface area contributed by atoms with Gasteiger partial charge in [0.2, 0.25) is 18.9 Å². The minimum atomic E-state index is -1.08. The highest BCUT2D eigenvalue weighted by atomic mass is 35.5. The van der Waals surface area contributed by atoms with Crippen LogP contribution < -0.4 is 0 Å². The normalized spacial score (nSPS) is 18.1. The van der Waals surface area contributed by atoms with E-state index in [1.54, 1.807) is 97.1 Å². The monoisotopic (exact) mass is 1440 g/mol. The number of aliphatic hydroxyl groups is 3. The maximum atomic E-state index is 13.0. The largest absolute Gasteiger partial charge is 0.481 e. The summed E-state index contributed by atoms with van der Waals surface area (Å²) in [6.07, 6.45) is 6.91. The van der Waals surface area contributed by atoms with Crippen molar-refractivity contribution in [2.24, 2.45) is 23.7 Å². The number of hydrogen-bond donors (Lipinski definition) is 4. The van der Waals surface area contributed by atoms with Crippen LogP contribution in [0.3, 0.4) is 0 Å². The molecule has 11 rings (SSSR count). The van der Waals surface area contributed by atoms with E-state index in [1.807, 2.05) is 0 Å². The topological polar surface area (TPSA) is 194 Å². The van der Waals surface area contributed by atoms with Gasteiger partial charge in [-0.25, -0.2) is 17.6 Å². The van der Waals surface area contributed by atoms with Gasteiger partial charge in [-0.3, -0.25) is 19.2 Å². The van der Waals surface area contributed by atoms with Crippen molar-refractivity contribution in [3.05, 3.63) is 231 Å². The smallest absolute Gasteiger partial charge is 0.311 e. The lowest BCUT2D eigenvalue weighted by atomic mass is 9.95. The van der Waals surface area contributed by atoms with Crippen LogP contribution in [0.15, 0.2) is 146 Å². The van der Waals surface area contributed by atoms with Crippen molar-refractivity contribution in [2.45, 2.75) is 70.2 Å². The van der Waals surface area contributed by atoms with E-state index in [4.69, 9.17) is 112 Å². The number of carboxylic acids is 1. The summed E-state index contributed by atoms with van der Waals surface area (Å²) in [6, 6.07) is 37.5. The molecular formula is C70H54Cl8F4O12. The number of benzene rings is 8. The van der Waals surface area contributed by atoms with Gasteiger partial charge in [0.25, 0.3) is 0 Å². The van der Waals surface area contributed by atoms with Crippen LogP contribution in [0.25, 0.3) is 44.5 Å². The zero-order valence-corrected chi connectivity index (χ0v) is 54.9. The van der Waals surface area contributed by atoms with E-state index >= 15 is 0 Å². The Bertz CT molecular complexity index is 3650. The SMILES string of the molecule is C#C.O=C1OC(O)C[C@H]1Cc1c(Cl)cc(-c2ccc(F)cc2)cc1Cl.O=C1O[C@@H](O)C[C@H]1Cc1c(Cl)cc(-c2ccc(F)cc2)cc1Cl.O=C1O[C@H](O)C[C@H]1Cc1c(Cl)cc(-c2ccc(F)cc2)cc1Cl.O=CC[C@@H](Cc1c(Cl)cc(-c2ccc(F)cc2)cc1Cl)C(=O)O. The summed E-state index contributed by atoms with van der Waals surface area (Å²) in [4.78, 5) is 56.6. The van der Waals surface area contributed by atoms with Gasteiger partial charge in [-0.2, -0.15) is 0 Å². The van der Waals surface area contributed by atoms with E-state index in [2.05, 4.69) is 12.8 Å². The predicted octanol–water partition coefficient (Wildman–Crippen LogP) is 17.6. The fraction of sp³-hybridized carbons (Fsp3) is 0.214. The van der Waals surface area contributed by atoms with E-state index < -0.39 is 66.4 Å². The van der Waals surface area contributed by atoms with Gasteiger partial charge in [-0.15, -0.1) is 12.8 Å². The van der Waals surface area contributed by atoms with Gasteiger partial charge in [0, 0.05) is 65.9 Å². The van der Waals surface area contributed by atoms with E-state index in [-0.39, 0.29) is 55.4 Å². The molecule has 3 saturated heterocycles. The first-order valence-corrected chi connectivity index (χ1v) is 31.4. The zero-order chi connectivity index (χ0) is 68.7. The third kappa shape index (κ3) is 20.2. The van der Waals surface area contributed by atoms with Crippen molar-refractivity contribution in [1.82, 2.24) is 0 Å². The van der Waals surface area contributed by atoms with Gasteiger partial charge < -0.3 is 39.4 Å². The Kier molecular flexibility index (Phi) is 27.2. The highest BCUT2D eigenvalue weighted by molar-refractivity contribution is 6.38.